The standard InChI is InChI=1S/C17H24N4OS3/c1-2-13-6-3-4-10-21(13)15(22)12-24-17-20-19-16(25-17)18-9-8-14-7-5-11-23-14/h5,7,11,13H,2-4,6,8-10,12H2,1H3,(H,18,19)/t13-/m0/s1. The summed E-state index contributed by atoms with van der Waals surface area (Å²) in [6.07, 6.45) is 5.56. The minimum atomic E-state index is 0.235. The second-order valence-corrected chi connectivity index (χ2v) is 9.30. The van der Waals surface area contributed by atoms with E-state index < -0.39 is 0 Å². The molecule has 2 aromatic rings. The van der Waals surface area contributed by atoms with Crippen LogP contribution in [0.4, 0.5) is 5.13 Å². The van der Waals surface area contributed by atoms with Crippen molar-refractivity contribution in [3.8, 4) is 0 Å². The fraction of sp³-hybridized carbons (Fsp3) is 0.588. The van der Waals surface area contributed by atoms with Crippen molar-refractivity contribution in [3.63, 3.8) is 0 Å². The van der Waals surface area contributed by atoms with Crippen LogP contribution in [0.2, 0.25) is 0 Å². The minimum Gasteiger partial charge on any atom is -0.360 e. The second kappa shape index (κ2) is 9.54. The number of thiophene rings is 1. The van der Waals surface area contributed by atoms with E-state index in [2.05, 4.69) is 44.9 Å². The van der Waals surface area contributed by atoms with E-state index in [9.17, 15) is 4.79 Å². The van der Waals surface area contributed by atoms with Crippen molar-refractivity contribution in [2.45, 2.75) is 49.4 Å². The maximum Gasteiger partial charge on any atom is 0.233 e. The maximum absolute atomic E-state index is 12.5. The highest BCUT2D eigenvalue weighted by atomic mass is 32.2. The van der Waals surface area contributed by atoms with Crippen molar-refractivity contribution in [3.05, 3.63) is 22.4 Å². The van der Waals surface area contributed by atoms with Crippen LogP contribution in [0.25, 0.3) is 0 Å². The lowest BCUT2D eigenvalue weighted by molar-refractivity contribution is -0.132. The average molecular weight is 397 g/mol. The fourth-order valence-electron chi connectivity index (χ4n) is 3.05. The van der Waals surface area contributed by atoms with E-state index in [0.29, 0.717) is 11.8 Å². The first-order valence-corrected chi connectivity index (χ1v) is 11.5. The Labute approximate surface area is 161 Å². The molecular formula is C17H24N4OS3. The normalized spacial score (nSPS) is 17.6. The molecule has 25 heavy (non-hydrogen) atoms. The van der Waals surface area contributed by atoms with Crippen LogP contribution >= 0.6 is 34.4 Å². The van der Waals surface area contributed by atoms with Crippen molar-refractivity contribution in [1.29, 1.82) is 0 Å². The van der Waals surface area contributed by atoms with Gasteiger partial charge in [0.2, 0.25) is 11.0 Å². The zero-order valence-electron chi connectivity index (χ0n) is 14.4. The van der Waals surface area contributed by atoms with Crippen LogP contribution in [-0.2, 0) is 11.2 Å². The number of piperidine rings is 1. The van der Waals surface area contributed by atoms with E-state index in [1.54, 1.807) is 11.3 Å². The van der Waals surface area contributed by atoms with E-state index >= 15 is 0 Å². The summed E-state index contributed by atoms with van der Waals surface area (Å²) in [5.74, 6) is 0.694. The average Bonchev–Trinajstić information content (AvgIpc) is 3.32. The van der Waals surface area contributed by atoms with E-state index in [1.165, 1.54) is 34.4 Å². The molecule has 3 rings (SSSR count). The Hall–Kier alpha value is -1.12. The van der Waals surface area contributed by atoms with Crippen LogP contribution in [0.3, 0.4) is 0 Å². The molecule has 136 valence electrons. The number of carbonyl (C=O) groups excluding carboxylic acids is 1. The van der Waals surface area contributed by atoms with Gasteiger partial charge in [-0.3, -0.25) is 4.79 Å². The molecule has 0 radical (unpaired) electrons. The molecule has 8 heteroatoms. The molecule has 0 aliphatic carbocycles. The Morgan fingerprint density at radius 1 is 1.44 bits per heavy atom. The lowest BCUT2D eigenvalue weighted by Gasteiger charge is -2.35. The lowest BCUT2D eigenvalue weighted by Crippen LogP contribution is -2.44. The summed E-state index contributed by atoms with van der Waals surface area (Å²) in [5.41, 5.74) is 0. The van der Waals surface area contributed by atoms with Crippen molar-refractivity contribution in [2.75, 3.05) is 24.2 Å². The van der Waals surface area contributed by atoms with Gasteiger partial charge in [0.25, 0.3) is 0 Å². The van der Waals surface area contributed by atoms with E-state index in [4.69, 9.17) is 0 Å². The molecule has 0 aromatic carbocycles. The van der Waals surface area contributed by atoms with Crippen LogP contribution in [0.15, 0.2) is 21.9 Å². The molecule has 0 unspecified atom stereocenters. The molecule has 1 aliphatic heterocycles. The van der Waals surface area contributed by atoms with Gasteiger partial charge in [0.15, 0.2) is 4.34 Å². The van der Waals surface area contributed by atoms with Crippen molar-refractivity contribution in [2.24, 2.45) is 0 Å². The van der Waals surface area contributed by atoms with Gasteiger partial charge in [0, 0.05) is 24.0 Å². The molecule has 1 saturated heterocycles. The number of nitrogens with zero attached hydrogens (tertiary/aromatic N) is 3. The summed E-state index contributed by atoms with van der Waals surface area (Å²) < 4.78 is 0.858. The molecule has 3 heterocycles. The summed E-state index contributed by atoms with van der Waals surface area (Å²) in [7, 11) is 0. The Morgan fingerprint density at radius 2 is 2.36 bits per heavy atom. The van der Waals surface area contributed by atoms with Crippen LogP contribution in [0.1, 0.15) is 37.5 Å². The third-order valence-electron chi connectivity index (χ3n) is 4.37. The molecule has 5 nitrogen and oxygen atoms in total. The van der Waals surface area contributed by atoms with Gasteiger partial charge in [0.05, 0.1) is 5.75 Å². The number of hydrogen-bond acceptors (Lipinski definition) is 7. The molecule has 1 amide bonds. The molecule has 1 N–H and O–H groups in total. The van der Waals surface area contributed by atoms with Gasteiger partial charge in [-0.2, -0.15) is 0 Å². The van der Waals surface area contributed by atoms with Gasteiger partial charge in [0.1, 0.15) is 0 Å². The quantitative estimate of drug-likeness (QED) is 0.680. The largest absolute Gasteiger partial charge is 0.360 e. The summed E-state index contributed by atoms with van der Waals surface area (Å²) in [5, 5.41) is 14.6. The molecular weight excluding hydrogens is 372 g/mol. The minimum absolute atomic E-state index is 0.235. The molecule has 2 aromatic heterocycles. The van der Waals surface area contributed by atoms with Crippen molar-refractivity contribution < 1.29 is 4.79 Å². The lowest BCUT2D eigenvalue weighted by atomic mass is 10.0. The van der Waals surface area contributed by atoms with E-state index in [0.717, 1.165) is 48.2 Å². The van der Waals surface area contributed by atoms with Crippen LogP contribution in [0, 0.1) is 0 Å². The fourth-order valence-corrected chi connectivity index (χ4v) is 5.42. The molecule has 0 bridgehead atoms. The summed E-state index contributed by atoms with van der Waals surface area (Å²) in [6.45, 7) is 3.93. The van der Waals surface area contributed by atoms with Gasteiger partial charge in [-0.1, -0.05) is 36.1 Å². The third kappa shape index (κ3) is 5.43. The molecule has 0 spiro atoms. The van der Waals surface area contributed by atoms with E-state index in [-0.39, 0.29) is 5.91 Å². The number of rotatable bonds is 8. The summed E-state index contributed by atoms with van der Waals surface area (Å²) in [4.78, 5) is 15.9. The highest BCUT2D eigenvalue weighted by molar-refractivity contribution is 8.01. The second-order valence-electron chi connectivity index (χ2n) is 6.06. The SMILES string of the molecule is CC[C@H]1CCCCN1C(=O)CSc1nnc(NCCc2cccs2)s1. The first kappa shape index (κ1) is 18.7. The first-order chi connectivity index (χ1) is 12.3. The zero-order chi connectivity index (χ0) is 17.5. The summed E-state index contributed by atoms with van der Waals surface area (Å²) in [6, 6.07) is 4.64. The highest BCUT2D eigenvalue weighted by Crippen LogP contribution is 2.27. The number of carbonyl (C=O) groups is 1. The number of aromatic nitrogens is 2. The topological polar surface area (TPSA) is 58.1 Å². The number of thioether (sulfide) groups is 1. The molecule has 0 saturated carbocycles. The van der Waals surface area contributed by atoms with E-state index in [1.807, 2.05) is 0 Å². The smallest absolute Gasteiger partial charge is 0.233 e. The zero-order valence-corrected chi connectivity index (χ0v) is 16.9. The van der Waals surface area contributed by atoms with Crippen LogP contribution in [0.5, 0.6) is 0 Å². The Bertz CT molecular complexity index is 659. The number of nitrogens with one attached hydrogen (secondary N) is 1. The van der Waals surface area contributed by atoms with Gasteiger partial charge < -0.3 is 10.2 Å². The predicted molar refractivity (Wildman–Crippen MR) is 107 cm³/mol. The number of hydrogen-bond donors (Lipinski definition) is 1. The van der Waals surface area contributed by atoms with Gasteiger partial charge >= 0.3 is 0 Å². The summed E-state index contributed by atoms with van der Waals surface area (Å²) >= 11 is 4.80. The first-order valence-electron chi connectivity index (χ1n) is 8.78. The number of anilines is 1. The molecule has 1 atom stereocenters. The third-order valence-corrected chi connectivity index (χ3v) is 7.31. The number of amides is 1. The molecule has 1 fully saturated rings. The van der Waals surface area contributed by atoms with Crippen molar-refractivity contribution >= 4 is 45.5 Å². The Balaban J connectivity index is 1.42. The highest BCUT2D eigenvalue weighted by Gasteiger charge is 2.25. The Morgan fingerprint density at radius 3 is 3.16 bits per heavy atom. The maximum atomic E-state index is 12.5. The van der Waals surface area contributed by atoms with Crippen LogP contribution < -0.4 is 5.32 Å². The van der Waals surface area contributed by atoms with Crippen LogP contribution in [-0.4, -0.2) is 45.9 Å². The Kier molecular flexibility index (Phi) is 7.12. The van der Waals surface area contributed by atoms with Crippen molar-refractivity contribution in [1.82, 2.24) is 15.1 Å². The van der Waals surface area contributed by atoms with Gasteiger partial charge in [-0.15, -0.1) is 21.5 Å². The number of likely N-dealkylation sites (tertiary alicyclic amines) is 1. The monoisotopic (exact) mass is 396 g/mol. The van der Waals surface area contributed by atoms with Gasteiger partial charge in [-0.25, -0.2) is 0 Å². The van der Waals surface area contributed by atoms with Gasteiger partial charge in [-0.05, 0) is 43.6 Å². The predicted octanol–water partition coefficient (Wildman–Crippen LogP) is 4.14. The molecule has 1 aliphatic rings.